The highest BCUT2D eigenvalue weighted by Gasteiger charge is 2.18. The molecular formula is C47H29N3. The van der Waals surface area contributed by atoms with E-state index >= 15 is 0 Å². The second-order valence-electron chi connectivity index (χ2n) is 12.8. The van der Waals surface area contributed by atoms with E-state index < -0.39 is 0 Å². The number of hydrogen-bond donors (Lipinski definition) is 0. The van der Waals surface area contributed by atoms with Gasteiger partial charge in [-0.2, -0.15) is 0 Å². The van der Waals surface area contributed by atoms with Crippen LogP contribution in [0.4, 0.5) is 0 Å². The van der Waals surface area contributed by atoms with Gasteiger partial charge in [0, 0.05) is 16.7 Å². The predicted octanol–water partition coefficient (Wildman–Crippen LogP) is 12.3. The molecule has 0 fully saturated rings. The highest BCUT2D eigenvalue weighted by atomic mass is 15.0. The van der Waals surface area contributed by atoms with Gasteiger partial charge in [-0.3, -0.25) is 0 Å². The van der Waals surface area contributed by atoms with E-state index in [0.717, 1.165) is 27.6 Å². The maximum Gasteiger partial charge on any atom is 0.164 e. The molecule has 0 radical (unpaired) electrons. The Morgan fingerprint density at radius 3 is 1.42 bits per heavy atom. The van der Waals surface area contributed by atoms with Crippen molar-refractivity contribution < 1.29 is 0 Å². The average molecular weight is 636 g/mol. The Hall–Kier alpha value is -6.71. The molecule has 0 spiro atoms. The molecule has 50 heavy (non-hydrogen) atoms. The Morgan fingerprint density at radius 2 is 0.720 bits per heavy atom. The topological polar surface area (TPSA) is 38.7 Å². The molecule has 0 N–H and O–H groups in total. The van der Waals surface area contributed by atoms with Gasteiger partial charge in [-0.15, -0.1) is 0 Å². The van der Waals surface area contributed by atoms with Gasteiger partial charge in [0.15, 0.2) is 17.5 Å². The van der Waals surface area contributed by atoms with E-state index in [1.54, 1.807) is 0 Å². The van der Waals surface area contributed by atoms with Crippen LogP contribution in [0.15, 0.2) is 176 Å². The van der Waals surface area contributed by atoms with Gasteiger partial charge in [-0.25, -0.2) is 15.0 Å². The molecule has 10 rings (SSSR count). The Kier molecular flexibility index (Phi) is 6.49. The summed E-state index contributed by atoms with van der Waals surface area (Å²) in [6, 6.07) is 62.2. The van der Waals surface area contributed by atoms with E-state index in [1.165, 1.54) is 54.0 Å². The largest absolute Gasteiger partial charge is 0.208 e. The average Bonchev–Trinajstić information content (AvgIpc) is 3.20. The van der Waals surface area contributed by atoms with Crippen LogP contribution in [0.2, 0.25) is 0 Å². The van der Waals surface area contributed by atoms with Gasteiger partial charge in [-0.05, 0) is 77.1 Å². The quantitative estimate of drug-likeness (QED) is 0.181. The van der Waals surface area contributed by atoms with E-state index in [4.69, 9.17) is 15.0 Å². The normalized spacial score (nSPS) is 11.6. The van der Waals surface area contributed by atoms with Crippen molar-refractivity contribution in [2.75, 3.05) is 0 Å². The van der Waals surface area contributed by atoms with Crippen molar-refractivity contribution in [2.24, 2.45) is 0 Å². The molecule has 0 aliphatic heterocycles. The Labute approximate surface area is 289 Å². The Balaban J connectivity index is 1.20. The lowest BCUT2D eigenvalue weighted by Gasteiger charge is -2.16. The number of benzene rings is 9. The van der Waals surface area contributed by atoms with Crippen LogP contribution >= 0.6 is 0 Å². The van der Waals surface area contributed by atoms with E-state index in [1.807, 2.05) is 18.2 Å². The van der Waals surface area contributed by atoms with Gasteiger partial charge in [0.05, 0.1) is 0 Å². The van der Waals surface area contributed by atoms with Crippen LogP contribution in [-0.2, 0) is 0 Å². The van der Waals surface area contributed by atoms with Crippen molar-refractivity contribution >= 4 is 53.9 Å². The molecular weight excluding hydrogens is 607 g/mol. The minimum Gasteiger partial charge on any atom is -0.208 e. The fourth-order valence-corrected chi connectivity index (χ4v) is 7.47. The fraction of sp³-hybridized carbons (Fsp3) is 0. The SMILES string of the molecule is c1ccc(-c2nc(-c3ccc(-c4ccc5ccccc5c4)cc3)nc(-c3cc4c5ccccc5c5ccccc5c4c4ccccc34)n2)cc1. The summed E-state index contributed by atoms with van der Waals surface area (Å²) in [4.78, 5) is 15.4. The summed E-state index contributed by atoms with van der Waals surface area (Å²) in [6.07, 6.45) is 0. The predicted molar refractivity (Wildman–Crippen MR) is 209 cm³/mol. The van der Waals surface area contributed by atoms with Crippen molar-refractivity contribution in [1.82, 2.24) is 15.0 Å². The molecule has 0 amide bonds. The lowest BCUT2D eigenvalue weighted by Crippen LogP contribution is -2.01. The van der Waals surface area contributed by atoms with Gasteiger partial charge < -0.3 is 0 Å². The maximum atomic E-state index is 5.22. The first kappa shape index (κ1) is 28.3. The first-order valence-electron chi connectivity index (χ1n) is 16.9. The molecule has 0 aliphatic carbocycles. The molecule has 1 heterocycles. The number of nitrogens with zero attached hydrogens (tertiary/aromatic N) is 3. The van der Waals surface area contributed by atoms with Crippen molar-refractivity contribution in [3.63, 3.8) is 0 Å². The lowest BCUT2D eigenvalue weighted by atomic mass is 9.89. The molecule has 0 saturated carbocycles. The molecule has 0 unspecified atom stereocenters. The number of rotatable bonds is 4. The number of aromatic nitrogens is 3. The smallest absolute Gasteiger partial charge is 0.164 e. The van der Waals surface area contributed by atoms with Crippen LogP contribution in [0.1, 0.15) is 0 Å². The molecule has 10 aromatic rings. The third-order valence-corrected chi connectivity index (χ3v) is 9.88. The van der Waals surface area contributed by atoms with Crippen LogP contribution in [-0.4, -0.2) is 15.0 Å². The monoisotopic (exact) mass is 635 g/mol. The van der Waals surface area contributed by atoms with Crippen LogP contribution in [0.5, 0.6) is 0 Å². The minimum absolute atomic E-state index is 0.645. The molecule has 9 aromatic carbocycles. The van der Waals surface area contributed by atoms with E-state index in [9.17, 15) is 0 Å². The zero-order valence-electron chi connectivity index (χ0n) is 27.1. The summed E-state index contributed by atoms with van der Waals surface area (Å²) in [5.74, 6) is 1.95. The molecule has 232 valence electrons. The lowest BCUT2D eigenvalue weighted by molar-refractivity contribution is 1.08. The molecule has 0 saturated heterocycles. The zero-order chi connectivity index (χ0) is 33.0. The second-order valence-corrected chi connectivity index (χ2v) is 12.8. The summed E-state index contributed by atoms with van der Waals surface area (Å²) in [6.45, 7) is 0. The Bertz CT molecular complexity index is 2910. The number of hydrogen-bond acceptors (Lipinski definition) is 3. The maximum absolute atomic E-state index is 5.22. The van der Waals surface area contributed by atoms with Gasteiger partial charge in [-0.1, -0.05) is 164 Å². The van der Waals surface area contributed by atoms with Crippen LogP contribution < -0.4 is 0 Å². The van der Waals surface area contributed by atoms with Crippen LogP contribution in [0, 0.1) is 0 Å². The Morgan fingerprint density at radius 1 is 0.260 bits per heavy atom. The highest BCUT2D eigenvalue weighted by molar-refractivity contribution is 6.32. The van der Waals surface area contributed by atoms with E-state index in [0.29, 0.717) is 17.5 Å². The molecule has 1 aromatic heterocycles. The van der Waals surface area contributed by atoms with Crippen molar-refractivity contribution in [3.05, 3.63) is 176 Å². The van der Waals surface area contributed by atoms with Crippen molar-refractivity contribution in [3.8, 4) is 45.3 Å². The standard InChI is InChI=1S/C47H29N3/c1-2-13-32(14-3-1)45-48-46(33-25-22-31(23-26-33)35-27-24-30-12-4-5-15-34(30)28-35)50-47(49-45)43-29-42-38-18-7-6-16-36(38)37-17-8-10-20-40(37)44(42)41-21-11-9-19-39(41)43/h1-29H. The first-order valence-corrected chi connectivity index (χ1v) is 16.9. The molecule has 0 bridgehead atoms. The van der Waals surface area contributed by atoms with Gasteiger partial charge in [0.1, 0.15) is 0 Å². The molecule has 3 heteroatoms. The molecule has 3 nitrogen and oxygen atoms in total. The van der Waals surface area contributed by atoms with Gasteiger partial charge in [0.25, 0.3) is 0 Å². The minimum atomic E-state index is 0.645. The highest BCUT2D eigenvalue weighted by Crippen LogP contribution is 2.42. The summed E-state index contributed by atoms with van der Waals surface area (Å²) < 4.78 is 0. The third kappa shape index (κ3) is 4.63. The summed E-state index contributed by atoms with van der Waals surface area (Å²) >= 11 is 0. The summed E-state index contributed by atoms with van der Waals surface area (Å²) in [5, 5.41) is 12.2. The number of fused-ring (bicyclic) bond motifs is 9. The van der Waals surface area contributed by atoms with E-state index in [-0.39, 0.29) is 0 Å². The van der Waals surface area contributed by atoms with Crippen LogP contribution in [0.3, 0.4) is 0 Å². The van der Waals surface area contributed by atoms with E-state index in [2.05, 4.69) is 158 Å². The third-order valence-electron chi connectivity index (χ3n) is 9.88. The summed E-state index contributed by atoms with van der Waals surface area (Å²) in [5.41, 5.74) is 5.21. The fourth-order valence-electron chi connectivity index (χ4n) is 7.47. The molecule has 0 aliphatic rings. The summed E-state index contributed by atoms with van der Waals surface area (Å²) in [7, 11) is 0. The van der Waals surface area contributed by atoms with Crippen LogP contribution in [0.25, 0.3) is 99.2 Å². The first-order chi connectivity index (χ1) is 24.8. The van der Waals surface area contributed by atoms with Crippen molar-refractivity contribution in [1.29, 1.82) is 0 Å². The van der Waals surface area contributed by atoms with Crippen molar-refractivity contribution in [2.45, 2.75) is 0 Å². The zero-order valence-corrected chi connectivity index (χ0v) is 27.1. The van der Waals surface area contributed by atoms with Gasteiger partial charge in [0.2, 0.25) is 0 Å². The molecule has 0 atom stereocenters. The second kappa shape index (κ2) is 11.5. The van der Waals surface area contributed by atoms with Gasteiger partial charge >= 0.3 is 0 Å².